The Hall–Kier alpha value is -2.72. The minimum absolute atomic E-state index is 0.371. The van der Waals surface area contributed by atoms with Gasteiger partial charge in [0.1, 0.15) is 10.4 Å². The lowest BCUT2D eigenvalue weighted by molar-refractivity contribution is -0.130. The van der Waals surface area contributed by atoms with Crippen molar-refractivity contribution in [1.82, 2.24) is 10.3 Å². The van der Waals surface area contributed by atoms with Crippen molar-refractivity contribution < 1.29 is 14.3 Å². The molecule has 1 atom stereocenters. The number of nitrogens with one attached hydrogen (secondary N) is 1. The number of nitrogens with zero attached hydrogens (tertiary/aromatic N) is 2. The van der Waals surface area contributed by atoms with Crippen LogP contribution in [0.15, 0.2) is 30.3 Å². The Bertz CT molecular complexity index is 895. The molecule has 7 heteroatoms. The first-order valence-corrected chi connectivity index (χ1v) is 10.2. The van der Waals surface area contributed by atoms with E-state index in [1.165, 1.54) is 18.3 Å². The van der Waals surface area contributed by atoms with Gasteiger partial charge >= 0.3 is 5.97 Å². The third-order valence-electron chi connectivity index (χ3n) is 4.90. The maximum Gasteiger partial charge on any atom is 0.351 e. The highest BCUT2D eigenvalue weighted by atomic mass is 32.1. The molecule has 1 amide bonds. The zero-order valence-corrected chi connectivity index (χ0v) is 16.8. The number of ether oxygens (including phenoxy) is 1. The van der Waals surface area contributed by atoms with Crippen molar-refractivity contribution in [2.45, 2.75) is 57.6 Å². The van der Waals surface area contributed by atoms with E-state index >= 15 is 0 Å². The first kappa shape index (κ1) is 20.0. The second-order valence-electron chi connectivity index (χ2n) is 7.07. The smallest absolute Gasteiger partial charge is 0.351 e. The Balaban J connectivity index is 1.71. The van der Waals surface area contributed by atoms with E-state index in [1.807, 2.05) is 37.3 Å². The van der Waals surface area contributed by atoms with E-state index in [0.717, 1.165) is 29.8 Å². The number of benzene rings is 1. The fourth-order valence-corrected chi connectivity index (χ4v) is 4.21. The Labute approximate surface area is 168 Å². The molecule has 146 valence electrons. The molecule has 1 aliphatic carbocycles. The van der Waals surface area contributed by atoms with Gasteiger partial charge in [0.2, 0.25) is 0 Å². The molecule has 0 unspecified atom stereocenters. The monoisotopic (exact) mass is 397 g/mol. The highest BCUT2D eigenvalue weighted by molar-refractivity contribution is 7.14. The van der Waals surface area contributed by atoms with Gasteiger partial charge in [-0.3, -0.25) is 4.79 Å². The van der Waals surface area contributed by atoms with Crippen LogP contribution in [0.2, 0.25) is 0 Å². The van der Waals surface area contributed by atoms with Crippen LogP contribution in [0, 0.1) is 18.3 Å². The van der Waals surface area contributed by atoms with Crippen molar-refractivity contribution in [3.8, 4) is 17.3 Å². The molecule has 1 aromatic carbocycles. The van der Waals surface area contributed by atoms with E-state index in [9.17, 15) is 14.9 Å². The molecule has 28 heavy (non-hydrogen) atoms. The van der Waals surface area contributed by atoms with Gasteiger partial charge in [0.05, 0.1) is 16.8 Å². The first-order valence-electron chi connectivity index (χ1n) is 9.41. The predicted molar refractivity (Wildman–Crippen MR) is 107 cm³/mol. The first-order chi connectivity index (χ1) is 13.4. The maximum atomic E-state index is 12.7. The van der Waals surface area contributed by atoms with Crippen LogP contribution in [0.4, 0.5) is 0 Å². The van der Waals surface area contributed by atoms with Gasteiger partial charge in [-0.1, -0.05) is 49.6 Å². The second kappa shape index (κ2) is 8.53. The third kappa shape index (κ3) is 4.39. The van der Waals surface area contributed by atoms with Gasteiger partial charge in [0.15, 0.2) is 6.10 Å². The van der Waals surface area contributed by atoms with Gasteiger partial charge < -0.3 is 10.1 Å². The van der Waals surface area contributed by atoms with E-state index in [0.29, 0.717) is 23.4 Å². The molecule has 0 bridgehead atoms. The molecular formula is C21H23N3O3S. The van der Waals surface area contributed by atoms with Crippen molar-refractivity contribution in [2.24, 2.45) is 0 Å². The van der Waals surface area contributed by atoms with E-state index in [-0.39, 0.29) is 0 Å². The number of aryl methyl sites for hydroxylation is 1. The molecule has 2 aromatic rings. The molecule has 1 fully saturated rings. The number of rotatable bonds is 5. The number of thiazole rings is 1. The molecule has 1 saturated carbocycles. The zero-order valence-electron chi connectivity index (χ0n) is 16.0. The topological polar surface area (TPSA) is 92.1 Å². The summed E-state index contributed by atoms with van der Waals surface area (Å²) < 4.78 is 5.41. The minimum atomic E-state index is -0.995. The Kier molecular flexibility index (Phi) is 6.10. The number of esters is 1. The number of hydrogen-bond acceptors (Lipinski definition) is 6. The van der Waals surface area contributed by atoms with Crippen LogP contribution >= 0.6 is 11.3 Å². The number of aromatic nitrogens is 1. The zero-order chi connectivity index (χ0) is 20.1. The summed E-state index contributed by atoms with van der Waals surface area (Å²) in [7, 11) is 0. The average Bonchev–Trinajstić information content (AvgIpc) is 3.11. The van der Waals surface area contributed by atoms with Crippen LogP contribution in [0.3, 0.4) is 0 Å². The predicted octanol–water partition coefficient (Wildman–Crippen LogP) is 4.01. The van der Waals surface area contributed by atoms with Crippen LogP contribution in [-0.4, -0.2) is 28.5 Å². The average molecular weight is 398 g/mol. The maximum absolute atomic E-state index is 12.7. The molecule has 1 N–H and O–H groups in total. The minimum Gasteiger partial charge on any atom is -0.448 e. The van der Waals surface area contributed by atoms with Crippen molar-refractivity contribution in [2.75, 3.05) is 0 Å². The summed E-state index contributed by atoms with van der Waals surface area (Å²) in [6, 6.07) is 11.6. The molecule has 0 aliphatic heterocycles. The van der Waals surface area contributed by atoms with Crippen LogP contribution in [0.5, 0.6) is 0 Å². The molecule has 3 rings (SSSR count). The normalized spacial score (nSPS) is 16.6. The highest BCUT2D eigenvalue weighted by Gasteiger charge is 2.35. The Morgan fingerprint density at radius 2 is 1.93 bits per heavy atom. The molecular weight excluding hydrogens is 374 g/mol. The van der Waals surface area contributed by atoms with Crippen molar-refractivity contribution in [3.05, 3.63) is 40.2 Å². The summed E-state index contributed by atoms with van der Waals surface area (Å²) in [6.07, 6.45) is 3.14. The number of carbonyl (C=O) groups excluding carboxylic acids is 2. The molecule has 6 nitrogen and oxygen atoms in total. The Morgan fingerprint density at radius 1 is 1.25 bits per heavy atom. The van der Waals surface area contributed by atoms with Gasteiger partial charge in [-0.05, 0) is 26.7 Å². The molecule has 1 aromatic heterocycles. The number of amides is 1. The van der Waals surface area contributed by atoms with Crippen molar-refractivity contribution >= 4 is 23.2 Å². The number of hydrogen-bond donors (Lipinski definition) is 1. The Morgan fingerprint density at radius 3 is 2.57 bits per heavy atom. The largest absolute Gasteiger partial charge is 0.448 e. The molecule has 0 saturated heterocycles. The van der Waals surface area contributed by atoms with Gasteiger partial charge in [0, 0.05) is 5.56 Å². The van der Waals surface area contributed by atoms with Gasteiger partial charge in [0.25, 0.3) is 5.91 Å². The van der Waals surface area contributed by atoms with E-state index in [2.05, 4.69) is 16.4 Å². The lowest BCUT2D eigenvalue weighted by Crippen LogP contribution is -2.52. The van der Waals surface area contributed by atoms with E-state index < -0.39 is 23.5 Å². The van der Waals surface area contributed by atoms with Crippen LogP contribution < -0.4 is 5.32 Å². The summed E-state index contributed by atoms with van der Waals surface area (Å²) in [5.41, 5.74) is 0.523. The summed E-state index contributed by atoms with van der Waals surface area (Å²) in [5.74, 6) is -1.03. The highest BCUT2D eigenvalue weighted by Crippen LogP contribution is 2.30. The second-order valence-corrected chi connectivity index (χ2v) is 8.27. The number of carbonyl (C=O) groups is 2. The third-order valence-corrected chi connectivity index (χ3v) is 5.85. The summed E-state index contributed by atoms with van der Waals surface area (Å²) in [5, 5.41) is 13.1. The van der Waals surface area contributed by atoms with Crippen molar-refractivity contribution in [1.29, 1.82) is 5.26 Å². The fourth-order valence-electron chi connectivity index (χ4n) is 3.38. The molecule has 0 spiro atoms. The summed E-state index contributed by atoms with van der Waals surface area (Å²) in [6.45, 7) is 3.35. The SMILES string of the molecule is Cc1nc(-c2ccccc2)c(C(=O)O[C@@H](C)C(=O)NC2(C#N)CCCCC2)s1. The fraction of sp³-hybridized carbons (Fsp3) is 0.429. The van der Waals surface area contributed by atoms with Crippen LogP contribution in [0.1, 0.15) is 53.7 Å². The quantitative estimate of drug-likeness (QED) is 0.770. The lowest BCUT2D eigenvalue weighted by atomic mass is 9.83. The van der Waals surface area contributed by atoms with Gasteiger partial charge in [-0.15, -0.1) is 11.3 Å². The van der Waals surface area contributed by atoms with Gasteiger partial charge in [-0.25, -0.2) is 9.78 Å². The van der Waals surface area contributed by atoms with Crippen LogP contribution in [0.25, 0.3) is 11.3 Å². The molecule has 0 radical (unpaired) electrons. The van der Waals surface area contributed by atoms with E-state index in [4.69, 9.17) is 4.74 Å². The molecule has 1 aliphatic rings. The lowest BCUT2D eigenvalue weighted by Gasteiger charge is -2.32. The van der Waals surface area contributed by atoms with Crippen LogP contribution in [-0.2, 0) is 9.53 Å². The number of nitriles is 1. The molecule has 1 heterocycles. The summed E-state index contributed by atoms with van der Waals surface area (Å²) in [4.78, 5) is 30.1. The van der Waals surface area contributed by atoms with E-state index in [1.54, 1.807) is 0 Å². The standard InChI is InChI=1S/C21H23N3O3S/c1-14(19(25)24-21(13-22)11-7-4-8-12-21)27-20(26)18-17(23-15(2)28-18)16-9-5-3-6-10-16/h3,5-6,9-10,14H,4,7-8,11-12H2,1-2H3,(H,24,25)/t14-/m0/s1. The van der Waals surface area contributed by atoms with Gasteiger partial charge in [-0.2, -0.15) is 5.26 Å². The van der Waals surface area contributed by atoms with Crippen molar-refractivity contribution in [3.63, 3.8) is 0 Å². The summed E-state index contributed by atoms with van der Waals surface area (Å²) >= 11 is 1.24.